The second-order valence-electron chi connectivity index (χ2n) is 10.6. The lowest BCUT2D eigenvalue weighted by Gasteiger charge is -2.38. The predicted molar refractivity (Wildman–Crippen MR) is 145 cm³/mol. The number of nitrogens with zero attached hydrogens (tertiary/aromatic N) is 3. The quantitative estimate of drug-likeness (QED) is 0.568. The van der Waals surface area contributed by atoms with E-state index >= 15 is 0 Å². The van der Waals surface area contributed by atoms with Crippen LogP contribution < -0.4 is 14.8 Å². The fraction of sp³-hybridized carbons (Fsp3) is 0.552. The second-order valence-corrected chi connectivity index (χ2v) is 10.6. The van der Waals surface area contributed by atoms with Crippen molar-refractivity contribution in [3.05, 3.63) is 42.1 Å². The molecule has 1 aliphatic carbocycles. The Morgan fingerprint density at radius 1 is 1.24 bits per heavy atom. The number of nitrogens with one attached hydrogen (secondary N) is 1. The number of urea groups is 1. The van der Waals surface area contributed by atoms with Crippen molar-refractivity contribution in [2.45, 2.75) is 64.1 Å². The summed E-state index contributed by atoms with van der Waals surface area (Å²) in [5.74, 6) is 0.635. The Balaban J connectivity index is 1.60. The van der Waals surface area contributed by atoms with Crippen LogP contribution in [-0.2, 0) is 0 Å². The van der Waals surface area contributed by atoms with E-state index in [1.54, 1.807) is 36.2 Å². The largest absolute Gasteiger partial charge is 0.497 e. The van der Waals surface area contributed by atoms with Crippen LogP contribution in [0.5, 0.6) is 11.6 Å². The molecule has 206 valence electrons. The van der Waals surface area contributed by atoms with E-state index in [4.69, 9.17) is 9.47 Å². The van der Waals surface area contributed by atoms with Crippen LogP contribution in [0.25, 0.3) is 11.1 Å². The Morgan fingerprint density at radius 2 is 1.95 bits per heavy atom. The summed E-state index contributed by atoms with van der Waals surface area (Å²) in [5, 5.41) is 13.1. The summed E-state index contributed by atoms with van der Waals surface area (Å²) in [6, 6.07) is 9.04. The maximum atomic E-state index is 13.7. The molecule has 1 aromatic carbocycles. The third kappa shape index (κ3) is 6.38. The van der Waals surface area contributed by atoms with E-state index in [0.717, 1.165) is 42.6 Å². The lowest BCUT2D eigenvalue weighted by molar-refractivity contribution is 0.0351. The predicted octanol–water partition coefficient (Wildman–Crippen LogP) is 3.95. The molecule has 9 nitrogen and oxygen atoms in total. The van der Waals surface area contributed by atoms with Gasteiger partial charge in [-0.1, -0.05) is 38.3 Å². The summed E-state index contributed by atoms with van der Waals surface area (Å²) >= 11 is 0. The first kappa shape index (κ1) is 27.7. The minimum atomic E-state index is -0.392. The number of hydrogen-bond acceptors (Lipinski definition) is 6. The van der Waals surface area contributed by atoms with Gasteiger partial charge in [0.1, 0.15) is 17.4 Å². The van der Waals surface area contributed by atoms with Crippen molar-refractivity contribution >= 4 is 11.9 Å². The summed E-state index contributed by atoms with van der Waals surface area (Å²) in [4.78, 5) is 34.5. The van der Waals surface area contributed by atoms with Crippen LogP contribution in [0.2, 0.25) is 0 Å². The highest BCUT2D eigenvalue weighted by Gasteiger charge is 2.35. The average Bonchev–Trinajstić information content (AvgIpc) is 2.94. The van der Waals surface area contributed by atoms with Gasteiger partial charge in [-0.3, -0.25) is 4.79 Å². The van der Waals surface area contributed by atoms with E-state index in [1.807, 2.05) is 38.1 Å². The van der Waals surface area contributed by atoms with Gasteiger partial charge in [-0.05, 0) is 43.5 Å². The molecule has 1 fully saturated rings. The summed E-state index contributed by atoms with van der Waals surface area (Å²) in [5.41, 5.74) is 2.00. The lowest BCUT2D eigenvalue weighted by atomic mass is 9.96. The standard InChI is InChI=1S/C29H40N4O5/c1-19-16-33(20(2)18-34)28(35)25-14-22(21-10-12-24(37-4)13-11-21)15-30-27(25)38-26(19)17-32(3)29(36)31-23-8-6-5-7-9-23/h10-15,19-20,23,26,34H,5-9,16-18H2,1-4H3,(H,31,36)/t19-,20+,26-/m0/s1. The molecule has 1 aliphatic heterocycles. The average molecular weight is 525 g/mol. The van der Waals surface area contributed by atoms with E-state index in [-0.39, 0.29) is 42.4 Å². The summed E-state index contributed by atoms with van der Waals surface area (Å²) in [6.45, 7) is 4.39. The molecule has 0 saturated heterocycles. The monoisotopic (exact) mass is 524 g/mol. The maximum absolute atomic E-state index is 13.7. The number of amides is 3. The Hall–Kier alpha value is -3.33. The van der Waals surface area contributed by atoms with E-state index in [2.05, 4.69) is 10.3 Å². The Bertz CT molecular complexity index is 1100. The van der Waals surface area contributed by atoms with Crippen molar-refractivity contribution in [3.8, 4) is 22.8 Å². The maximum Gasteiger partial charge on any atom is 0.317 e. The number of benzene rings is 1. The highest BCUT2D eigenvalue weighted by atomic mass is 16.5. The molecular weight excluding hydrogens is 484 g/mol. The molecule has 1 saturated carbocycles. The molecule has 2 heterocycles. The van der Waals surface area contributed by atoms with E-state index in [1.165, 1.54) is 6.42 Å². The van der Waals surface area contributed by atoms with Crippen LogP contribution in [-0.4, -0.2) is 83.9 Å². The number of hydrogen-bond donors (Lipinski definition) is 2. The van der Waals surface area contributed by atoms with Crippen LogP contribution in [0.4, 0.5) is 4.79 Å². The fourth-order valence-corrected chi connectivity index (χ4v) is 5.15. The van der Waals surface area contributed by atoms with Crippen molar-refractivity contribution < 1.29 is 24.2 Å². The molecule has 0 unspecified atom stereocenters. The molecule has 3 amide bonds. The molecule has 2 N–H and O–H groups in total. The van der Waals surface area contributed by atoms with Gasteiger partial charge in [0.05, 0.1) is 26.3 Å². The smallest absolute Gasteiger partial charge is 0.317 e. The van der Waals surface area contributed by atoms with Crippen molar-refractivity contribution in [2.75, 3.05) is 33.9 Å². The zero-order valence-electron chi connectivity index (χ0n) is 22.9. The van der Waals surface area contributed by atoms with Gasteiger partial charge >= 0.3 is 6.03 Å². The molecule has 9 heteroatoms. The Labute approximate surface area is 225 Å². The molecule has 2 aliphatic rings. The number of carbonyl (C=O) groups is 2. The number of methoxy groups -OCH3 is 1. The number of aliphatic hydroxyl groups is 1. The normalized spacial score (nSPS) is 21.0. The first-order valence-corrected chi connectivity index (χ1v) is 13.5. The number of carbonyl (C=O) groups excluding carboxylic acids is 2. The highest BCUT2D eigenvalue weighted by molar-refractivity contribution is 5.98. The molecule has 4 rings (SSSR count). The fourth-order valence-electron chi connectivity index (χ4n) is 5.15. The van der Waals surface area contributed by atoms with E-state index in [0.29, 0.717) is 18.7 Å². The molecular formula is C29H40N4O5. The second kappa shape index (κ2) is 12.5. The topological polar surface area (TPSA) is 104 Å². The van der Waals surface area contributed by atoms with Gasteiger partial charge in [-0.2, -0.15) is 0 Å². The van der Waals surface area contributed by atoms with Gasteiger partial charge in [-0.25, -0.2) is 9.78 Å². The van der Waals surface area contributed by atoms with Gasteiger partial charge in [0.25, 0.3) is 5.91 Å². The minimum Gasteiger partial charge on any atom is -0.497 e. The molecule has 0 bridgehead atoms. The van der Waals surface area contributed by atoms with Crippen LogP contribution in [0, 0.1) is 5.92 Å². The summed E-state index contributed by atoms with van der Waals surface area (Å²) in [6.07, 6.45) is 6.84. The van der Waals surface area contributed by atoms with Crippen molar-refractivity contribution in [1.29, 1.82) is 0 Å². The molecule has 1 aromatic heterocycles. The van der Waals surface area contributed by atoms with E-state index in [9.17, 15) is 14.7 Å². The number of aromatic nitrogens is 1. The van der Waals surface area contributed by atoms with Gasteiger partial charge in [0, 0.05) is 37.3 Å². The Morgan fingerprint density at radius 3 is 2.61 bits per heavy atom. The van der Waals surface area contributed by atoms with Gasteiger partial charge in [0.15, 0.2) is 0 Å². The van der Waals surface area contributed by atoms with Crippen LogP contribution in [0.1, 0.15) is 56.3 Å². The van der Waals surface area contributed by atoms with Gasteiger partial charge in [-0.15, -0.1) is 0 Å². The zero-order valence-corrected chi connectivity index (χ0v) is 22.9. The summed E-state index contributed by atoms with van der Waals surface area (Å²) in [7, 11) is 3.39. The van der Waals surface area contributed by atoms with Crippen LogP contribution >= 0.6 is 0 Å². The number of fused-ring (bicyclic) bond motifs is 1. The zero-order chi connectivity index (χ0) is 27.2. The van der Waals surface area contributed by atoms with Crippen molar-refractivity contribution in [3.63, 3.8) is 0 Å². The first-order chi connectivity index (χ1) is 18.3. The number of likely N-dealkylation sites (N-methyl/N-ethyl adjacent to an activating group) is 1. The number of pyridine rings is 1. The Kier molecular flexibility index (Phi) is 9.09. The van der Waals surface area contributed by atoms with Crippen molar-refractivity contribution in [1.82, 2.24) is 20.1 Å². The molecule has 2 aromatic rings. The number of aliphatic hydroxyl groups excluding tert-OH is 1. The third-order valence-electron chi connectivity index (χ3n) is 7.68. The minimum absolute atomic E-state index is 0.103. The van der Waals surface area contributed by atoms with E-state index < -0.39 is 6.10 Å². The van der Waals surface area contributed by atoms with Gasteiger partial charge < -0.3 is 29.7 Å². The molecule has 0 radical (unpaired) electrons. The molecule has 3 atom stereocenters. The molecule has 0 spiro atoms. The SMILES string of the molecule is COc1ccc(-c2cnc3c(c2)C(=O)N([C@H](C)CO)C[C@H](C)[C@H](CN(C)C(=O)NC2CCCCC2)O3)cc1. The number of ether oxygens (including phenoxy) is 2. The number of rotatable bonds is 7. The van der Waals surface area contributed by atoms with Gasteiger partial charge in [0.2, 0.25) is 5.88 Å². The van der Waals surface area contributed by atoms with Crippen molar-refractivity contribution in [2.24, 2.45) is 5.92 Å². The van der Waals surface area contributed by atoms with Crippen LogP contribution in [0.15, 0.2) is 36.5 Å². The lowest BCUT2D eigenvalue weighted by Crippen LogP contribution is -2.52. The third-order valence-corrected chi connectivity index (χ3v) is 7.68. The van der Waals surface area contributed by atoms with Crippen LogP contribution in [0.3, 0.4) is 0 Å². The summed E-state index contributed by atoms with van der Waals surface area (Å²) < 4.78 is 11.6. The first-order valence-electron chi connectivity index (χ1n) is 13.5. The molecule has 38 heavy (non-hydrogen) atoms. The highest BCUT2D eigenvalue weighted by Crippen LogP contribution is 2.31.